The van der Waals surface area contributed by atoms with E-state index in [2.05, 4.69) is 26.1 Å². The average Bonchev–Trinajstić information content (AvgIpc) is 2.98. The zero-order valence-electron chi connectivity index (χ0n) is 12.5. The van der Waals surface area contributed by atoms with Crippen molar-refractivity contribution in [3.05, 3.63) is 35.5 Å². The minimum absolute atomic E-state index is 0.0450. The van der Waals surface area contributed by atoms with E-state index in [0.29, 0.717) is 0 Å². The van der Waals surface area contributed by atoms with E-state index < -0.39 is 0 Å². The molecule has 4 heteroatoms. The Kier molecular flexibility index (Phi) is 2.96. The summed E-state index contributed by atoms with van der Waals surface area (Å²) in [6.07, 6.45) is 1.04. The number of benzene rings is 1. The number of para-hydroxylation sites is 2. The molecule has 2 heterocycles. The molecule has 3 rings (SSSR count). The molecule has 1 N–H and O–H groups in total. The first-order valence-electron chi connectivity index (χ1n) is 7.02. The van der Waals surface area contributed by atoms with Gasteiger partial charge in [0.1, 0.15) is 17.3 Å². The van der Waals surface area contributed by atoms with Crippen LogP contribution in [0, 0.1) is 0 Å². The van der Waals surface area contributed by atoms with Gasteiger partial charge in [0.05, 0.1) is 12.8 Å². The third kappa shape index (κ3) is 1.96. The summed E-state index contributed by atoms with van der Waals surface area (Å²) in [5.41, 5.74) is 3.53. The lowest BCUT2D eigenvalue weighted by Gasteiger charge is -2.16. The molecular weight excluding hydrogens is 250 g/mol. The average molecular weight is 271 g/mol. The van der Waals surface area contributed by atoms with Gasteiger partial charge in [-0.05, 0) is 18.6 Å². The van der Waals surface area contributed by atoms with Gasteiger partial charge >= 0.3 is 0 Å². The molecule has 0 aliphatic carbocycles. The van der Waals surface area contributed by atoms with Crippen LogP contribution < -0.4 is 10.1 Å². The first-order valence-corrected chi connectivity index (χ1v) is 7.02. The van der Waals surface area contributed by atoms with Crippen molar-refractivity contribution in [1.82, 2.24) is 9.78 Å². The number of anilines is 1. The number of ether oxygens (including phenoxy) is 1. The van der Waals surface area contributed by atoms with E-state index in [4.69, 9.17) is 9.84 Å². The van der Waals surface area contributed by atoms with E-state index in [0.717, 1.165) is 30.2 Å². The second kappa shape index (κ2) is 4.54. The number of nitrogens with zero attached hydrogens (tertiary/aromatic N) is 2. The molecule has 1 aromatic carbocycles. The fraction of sp³-hybridized carbons (Fsp3) is 0.438. The summed E-state index contributed by atoms with van der Waals surface area (Å²) < 4.78 is 7.45. The second-order valence-electron chi connectivity index (χ2n) is 6.19. The van der Waals surface area contributed by atoms with Crippen LogP contribution in [0.2, 0.25) is 0 Å². The molecule has 0 amide bonds. The molecule has 0 spiro atoms. The molecule has 1 aromatic heterocycles. The molecule has 0 unspecified atom stereocenters. The topological polar surface area (TPSA) is 39.1 Å². The summed E-state index contributed by atoms with van der Waals surface area (Å²) in [6, 6.07) is 8.00. The van der Waals surface area contributed by atoms with Crippen molar-refractivity contribution in [2.24, 2.45) is 0 Å². The SMILES string of the molecule is COc1ccccc1-n1nc(C(C)(C)C)c2c1NCC2. The maximum Gasteiger partial charge on any atom is 0.144 e. The summed E-state index contributed by atoms with van der Waals surface area (Å²) in [7, 11) is 1.70. The van der Waals surface area contributed by atoms with Crippen LogP contribution in [0.1, 0.15) is 32.0 Å². The van der Waals surface area contributed by atoms with Gasteiger partial charge in [-0.1, -0.05) is 32.9 Å². The van der Waals surface area contributed by atoms with Gasteiger partial charge in [0.25, 0.3) is 0 Å². The Morgan fingerprint density at radius 3 is 2.70 bits per heavy atom. The molecule has 4 nitrogen and oxygen atoms in total. The van der Waals surface area contributed by atoms with Crippen LogP contribution in [0.15, 0.2) is 24.3 Å². The number of aromatic nitrogens is 2. The van der Waals surface area contributed by atoms with Crippen LogP contribution in [0.3, 0.4) is 0 Å². The second-order valence-corrected chi connectivity index (χ2v) is 6.19. The normalized spacial score (nSPS) is 14.0. The Morgan fingerprint density at radius 1 is 1.25 bits per heavy atom. The first kappa shape index (κ1) is 13.0. The molecule has 106 valence electrons. The Morgan fingerprint density at radius 2 is 2.00 bits per heavy atom. The summed E-state index contributed by atoms with van der Waals surface area (Å²) >= 11 is 0. The van der Waals surface area contributed by atoms with Gasteiger partial charge in [-0.2, -0.15) is 5.10 Å². The lowest BCUT2D eigenvalue weighted by Crippen LogP contribution is -2.15. The van der Waals surface area contributed by atoms with Crippen LogP contribution in [-0.4, -0.2) is 23.4 Å². The molecule has 0 atom stereocenters. The monoisotopic (exact) mass is 271 g/mol. The standard InChI is InChI=1S/C16H21N3O/c1-16(2,3)14-11-9-10-17-15(11)19(18-14)12-7-5-6-8-13(12)20-4/h5-8,17H,9-10H2,1-4H3. The lowest BCUT2D eigenvalue weighted by atomic mass is 9.89. The fourth-order valence-corrected chi connectivity index (χ4v) is 2.76. The predicted octanol–water partition coefficient (Wildman–Crippen LogP) is 3.15. The summed E-state index contributed by atoms with van der Waals surface area (Å²) in [6.45, 7) is 7.60. The van der Waals surface area contributed by atoms with Crippen LogP contribution in [0.5, 0.6) is 5.75 Å². The maximum absolute atomic E-state index is 5.47. The van der Waals surface area contributed by atoms with Gasteiger partial charge in [0.2, 0.25) is 0 Å². The van der Waals surface area contributed by atoms with Crippen LogP contribution in [0.4, 0.5) is 5.82 Å². The smallest absolute Gasteiger partial charge is 0.144 e. The molecule has 0 radical (unpaired) electrons. The summed E-state index contributed by atoms with van der Waals surface area (Å²) in [5.74, 6) is 1.95. The molecule has 20 heavy (non-hydrogen) atoms. The highest BCUT2D eigenvalue weighted by atomic mass is 16.5. The molecule has 1 aliphatic rings. The third-order valence-corrected chi connectivity index (χ3v) is 3.67. The van der Waals surface area contributed by atoms with E-state index in [9.17, 15) is 0 Å². The molecule has 2 aromatic rings. The van der Waals surface area contributed by atoms with Crippen LogP contribution in [0.25, 0.3) is 5.69 Å². The predicted molar refractivity (Wildman–Crippen MR) is 81.0 cm³/mol. The minimum Gasteiger partial charge on any atom is -0.494 e. The van der Waals surface area contributed by atoms with Crippen LogP contribution >= 0.6 is 0 Å². The van der Waals surface area contributed by atoms with Gasteiger partial charge in [-0.3, -0.25) is 0 Å². The molecule has 1 aliphatic heterocycles. The zero-order valence-corrected chi connectivity index (χ0v) is 12.5. The number of rotatable bonds is 2. The van der Waals surface area contributed by atoms with Gasteiger partial charge in [0, 0.05) is 17.5 Å². The molecular formula is C16H21N3O. The first-order chi connectivity index (χ1) is 9.52. The Hall–Kier alpha value is -1.97. The Bertz CT molecular complexity index is 638. The maximum atomic E-state index is 5.47. The summed E-state index contributed by atoms with van der Waals surface area (Å²) in [5, 5.41) is 8.31. The Labute approximate surface area is 119 Å². The highest BCUT2D eigenvalue weighted by Crippen LogP contribution is 2.36. The third-order valence-electron chi connectivity index (χ3n) is 3.67. The van der Waals surface area contributed by atoms with E-state index in [1.54, 1.807) is 7.11 Å². The van der Waals surface area contributed by atoms with Crippen molar-refractivity contribution >= 4 is 5.82 Å². The van der Waals surface area contributed by atoms with Crippen LogP contribution in [-0.2, 0) is 11.8 Å². The van der Waals surface area contributed by atoms with Crippen molar-refractivity contribution in [2.75, 3.05) is 19.0 Å². The van der Waals surface area contributed by atoms with Crippen molar-refractivity contribution < 1.29 is 4.74 Å². The van der Waals surface area contributed by atoms with E-state index in [1.807, 2.05) is 28.9 Å². The van der Waals surface area contributed by atoms with Crippen molar-refractivity contribution in [1.29, 1.82) is 0 Å². The molecule has 0 bridgehead atoms. The largest absolute Gasteiger partial charge is 0.494 e. The number of hydrogen-bond donors (Lipinski definition) is 1. The fourth-order valence-electron chi connectivity index (χ4n) is 2.76. The van der Waals surface area contributed by atoms with E-state index >= 15 is 0 Å². The molecule has 0 fully saturated rings. The highest BCUT2D eigenvalue weighted by molar-refractivity contribution is 5.60. The van der Waals surface area contributed by atoms with Crippen molar-refractivity contribution in [3.8, 4) is 11.4 Å². The van der Waals surface area contributed by atoms with E-state index in [-0.39, 0.29) is 5.41 Å². The summed E-state index contributed by atoms with van der Waals surface area (Å²) in [4.78, 5) is 0. The zero-order chi connectivity index (χ0) is 14.3. The van der Waals surface area contributed by atoms with Crippen molar-refractivity contribution in [2.45, 2.75) is 32.6 Å². The number of nitrogens with one attached hydrogen (secondary N) is 1. The van der Waals surface area contributed by atoms with Crippen molar-refractivity contribution in [3.63, 3.8) is 0 Å². The van der Waals surface area contributed by atoms with E-state index in [1.165, 1.54) is 11.3 Å². The Balaban J connectivity index is 2.21. The number of hydrogen-bond acceptors (Lipinski definition) is 3. The molecule has 0 saturated carbocycles. The van der Waals surface area contributed by atoms with Gasteiger partial charge < -0.3 is 10.1 Å². The number of methoxy groups -OCH3 is 1. The van der Waals surface area contributed by atoms with Gasteiger partial charge in [0.15, 0.2) is 0 Å². The molecule has 0 saturated heterocycles. The lowest BCUT2D eigenvalue weighted by molar-refractivity contribution is 0.411. The van der Waals surface area contributed by atoms with Gasteiger partial charge in [-0.15, -0.1) is 0 Å². The quantitative estimate of drug-likeness (QED) is 0.912. The number of fused-ring (bicyclic) bond motifs is 1. The minimum atomic E-state index is 0.0450. The highest BCUT2D eigenvalue weighted by Gasteiger charge is 2.30. The van der Waals surface area contributed by atoms with Gasteiger partial charge in [-0.25, -0.2) is 4.68 Å².